The lowest BCUT2D eigenvalue weighted by molar-refractivity contribution is -0.164. The molecule has 0 unspecified atom stereocenters. The van der Waals surface area contributed by atoms with Gasteiger partial charge < -0.3 is 34.5 Å². The van der Waals surface area contributed by atoms with Crippen LogP contribution in [-0.2, 0) is 14.3 Å². The Morgan fingerprint density at radius 3 is 2.32 bits per heavy atom. The summed E-state index contributed by atoms with van der Waals surface area (Å²) in [5, 5.41) is 17.3. The second-order valence-corrected chi connectivity index (χ2v) is 18.3. The predicted octanol–water partition coefficient (Wildman–Crippen LogP) is 5.38. The van der Waals surface area contributed by atoms with Crippen LogP contribution in [0, 0.1) is 28.0 Å². The van der Waals surface area contributed by atoms with Gasteiger partial charge >= 0.3 is 0 Å². The summed E-state index contributed by atoms with van der Waals surface area (Å²) < 4.78 is 39.2. The molecule has 4 aliphatic rings. The van der Waals surface area contributed by atoms with Crippen LogP contribution < -0.4 is 35.1 Å². The van der Waals surface area contributed by atoms with Crippen molar-refractivity contribution < 1.29 is 42.5 Å². The summed E-state index contributed by atoms with van der Waals surface area (Å²) in [5.41, 5.74) is 1.07. The number of hydrogen-bond acceptors (Lipinski definition) is 11. The number of rotatable bonds is 14. The number of piperidine rings is 1. The fourth-order valence-corrected chi connectivity index (χ4v) is 9.81. The van der Waals surface area contributed by atoms with E-state index < -0.39 is 29.6 Å². The molecule has 2 aliphatic carbocycles. The number of carbonyl (C=O) groups excluding carboxylic acids is 4. The zero-order valence-corrected chi connectivity index (χ0v) is 36.5. The van der Waals surface area contributed by atoms with Gasteiger partial charge in [0.05, 0.1) is 30.9 Å². The molecule has 62 heavy (non-hydrogen) atoms. The maximum Gasteiger partial charge on any atom is 0.254 e. The second kappa shape index (κ2) is 17.9. The number of ether oxygens (including phenoxy) is 4. The molecule has 330 valence electrons. The average molecular weight is 853 g/mol. The Kier molecular flexibility index (Phi) is 12.8. The van der Waals surface area contributed by atoms with Crippen molar-refractivity contribution in [1.29, 1.82) is 5.26 Å². The van der Waals surface area contributed by atoms with Gasteiger partial charge in [-0.05, 0) is 68.8 Å². The Morgan fingerprint density at radius 1 is 0.984 bits per heavy atom. The normalized spacial score (nSPS) is 25.1. The number of morpholine rings is 1. The van der Waals surface area contributed by atoms with Crippen LogP contribution in [0.3, 0.4) is 0 Å². The number of methoxy groups -OCH3 is 1. The minimum atomic E-state index is -0.898. The van der Waals surface area contributed by atoms with Crippen molar-refractivity contribution >= 4 is 29.3 Å². The number of anilines is 1. The highest BCUT2D eigenvalue weighted by Gasteiger charge is 2.64. The van der Waals surface area contributed by atoms with Gasteiger partial charge in [-0.15, -0.1) is 0 Å². The Labute approximate surface area is 362 Å². The van der Waals surface area contributed by atoms with Gasteiger partial charge in [-0.3, -0.25) is 29.4 Å². The summed E-state index contributed by atoms with van der Waals surface area (Å²) in [6, 6.07) is 18.6. The molecule has 0 spiro atoms. The molecule has 0 aromatic heterocycles. The van der Waals surface area contributed by atoms with Crippen molar-refractivity contribution in [2.75, 3.05) is 38.3 Å². The van der Waals surface area contributed by atoms with E-state index in [1.165, 1.54) is 19.2 Å². The number of imide groups is 1. The molecule has 0 bridgehead atoms. The number of halogens is 1. The lowest BCUT2D eigenvalue weighted by Gasteiger charge is -2.63. The summed E-state index contributed by atoms with van der Waals surface area (Å²) in [4.78, 5) is 54.5. The number of amides is 4. The maximum absolute atomic E-state index is 15.0. The van der Waals surface area contributed by atoms with Gasteiger partial charge in [0.25, 0.3) is 11.8 Å². The van der Waals surface area contributed by atoms with Gasteiger partial charge in [0.1, 0.15) is 47.4 Å². The lowest BCUT2D eigenvalue weighted by atomic mass is 9.49. The topological polar surface area (TPSA) is 172 Å². The second-order valence-electron chi connectivity index (χ2n) is 18.3. The summed E-state index contributed by atoms with van der Waals surface area (Å²) >= 11 is 0. The molecule has 2 heterocycles. The molecule has 14 nitrogen and oxygen atoms in total. The van der Waals surface area contributed by atoms with Crippen LogP contribution >= 0.6 is 0 Å². The van der Waals surface area contributed by atoms with Gasteiger partial charge in [0.2, 0.25) is 11.8 Å². The molecule has 2 atom stereocenters. The molecule has 3 aromatic rings. The van der Waals surface area contributed by atoms with Crippen LogP contribution in [0.2, 0.25) is 0 Å². The van der Waals surface area contributed by atoms with E-state index in [2.05, 4.69) is 73.4 Å². The van der Waals surface area contributed by atoms with Crippen molar-refractivity contribution in [3.05, 3.63) is 83.2 Å². The van der Waals surface area contributed by atoms with Gasteiger partial charge in [-0.2, -0.15) is 5.26 Å². The van der Waals surface area contributed by atoms with E-state index in [4.69, 9.17) is 18.9 Å². The highest BCUT2D eigenvalue weighted by molar-refractivity contribution is 6.03. The van der Waals surface area contributed by atoms with Crippen molar-refractivity contribution in [2.24, 2.45) is 10.8 Å². The van der Waals surface area contributed by atoms with E-state index in [0.717, 1.165) is 31.6 Å². The SMILES string of the molecule is COc1cc(O[C@H]2C(C)(C)[C@H](NC(=O)c3ccc(N4CCO[C@H](CN(C(C)C)[C@H]5C[C@H](Oc6ccc(C(=O)N[C@H]7CCC(=O)NC7=O)c(F)c6)C5)C4)cc3)C2(C)C)ccc1C#N. The quantitative estimate of drug-likeness (QED) is 0.178. The number of benzene rings is 3. The molecule has 7 rings (SSSR count). The summed E-state index contributed by atoms with van der Waals surface area (Å²) in [7, 11) is 1.52. The van der Waals surface area contributed by atoms with E-state index in [-0.39, 0.29) is 71.6 Å². The molecule has 4 fully saturated rings. The van der Waals surface area contributed by atoms with Gasteiger partial charge in [-0.25, -0.2) is 4.39 Å². The fourth-order valence-electron chi connectivity index (χ4n) is 9.81. The standard InChI is InChI=1S/C47H57FN6O8/c1-27(2)54(31-20-34(21-31)61-32-14-15-36(37(48)22-32)42(57)50-38-16-17-40(55)51-43(38)58)26-35-25-53(18-19-60-35)30-11-8-28(9-12-30)41(56)52-44-46(3,4)45(47(44,5)6)62-33-13-10-29(24-49)39(23-33)59-7/h8-15,22-23,27,31,34-35,38,44-45H,16-21,25-26H2,1-7H3,(H,50,57)(H,52,56)(H,51,55,58)/t31-,34-,35-,38-,44-,45-/m0/s1. The number of nitriles is 1. The summed E-state index contributed by atoms with van der Waals surface area (Å²) in [5.74, 6) is -1.24. The maximum atomic E-state index is 15.0. The number of carbonyl (C=O) groups is 4. The first-order chi connectivity index (χ1) is 29.5. The third kappa shape index (κ3) is 9.22. The van der Waals surface area contributed by atoms with E-state index in [0.29, 0.717) is 41.5 Å². The molecule has 2 saturated carbocycles. The van der Waals surface area contributed by atoms with Crippen molar-refractivity contribution in [1.82, 2.24) is 20.9 Å². The molecule has 2 saturated heterocycles. The first-order valence-corrected chi connectivity index (χ1v) is 21.4. The van der Waals surface area contributed by atoms with Crippen molar-refractivity contribution in [3.8, 4) is 23.3 Å². The van der Waals surface area contributed by atoms with E-state index >= 15 is 4.39 Å². The Bertz CT molecular complexity index is 2200. The Morgan fingerprint density at radius 2 is 1.68 bits per heavy atom. The number of hydrogen-bond donors (Lipinski definition) is 3. The van der Waals surface area contributed by atoms with Crippen LogP contribution in [0.1, 0.15) is 93.5 Å². The third-order valence-electron chi connectivity index (χ3n) is 12.9. The third-order valence-corrected chi connectivity index (χ3v) is 12.9. The molecule has 2 aliphatic heterocycles. The molecule has 3 aromatic carbocycles. The van der Waals surface area contributed by atoms with E-state index in [9.17, 15) is 24.4 Å². The fraction of sp³-hybridized carbons (Fsp3) is 0.511. The van der Waals surface area contributed by atoms with Crippen LogP contribution in [0.15, 0.2) is 60.7 Å². The van der Waals surface area contributed by atoms with Gasteiger partial charge in [0, 0.05) is 91.2 Å². The monoisotopic (exact) mass is 852 g/mol. The van der Waals surface area contributed by atoms with Crippen molar-refractivity contribution in [2.45, 2.75) is 110 Å². The molecular weight excluding hydrogens is 796 g/mol. The van der Waals surface area contributed by atoms with Crippen LogP contribution in [0.4, 0.5) is 10.1 Å². The van der Waals surface area contributed by atoms with Gasteiger partial charge in [-0.1, -0.05) is 27.7 Å². The Hall–Kier alpha value is -5.72. The molecule has 4 amide bonds. The first-order valence-electron chi connectivity index (χ1n) is 21.4. The Balaban J connectivity index is 0.885. The molecule has 3 N–H and O–H groups in total. The van der Waals surface area contributed by atoms with Crippen LogP contribution in [0.5, 0.6) is 17.2 Å². The largest absolute Gasteiger partial charge is 0.495 e. The summed E-state index contributed by atoms with van der Waals surface area (Å²) in [6.07, 6.45) is 1.43. The minimum absolute atomic E-state index is 0.0364. The number of nitrogens with zero attached hydrogens (tertiary/aromatic N) is 3. The van der Waals surface area contributed by atoms with E-state index in [1.54, 1.807) is 24.3 Å². The number of nitrogens with one attached hydrogen (secondary N) is 3. The highest BCUT2D eigenvalue weighted by Crippen LogP contribution is 2.55. The highest BCUT2D eigenvalue weighted by atomic mass is 19.1. The van der Waals surface area contributed by atoms with E-state index in [1.807, 2.05) is 24.3 Å². The molecular formula is C47H57FN6O8. The van der Waals surface area contributed by atoms with Crippen molar-refractivity contribution in [3.63, 3.8) is 0 Å². The first kappa shape index (κ1) is 44.3. The van der Waals surface area contributed by atoms with Gasteiger partial charge in [0.15, 0.2) is 0 Å². The summed E-state index contributed by atoms with van der Waals surface area (Å²) in [6.45, 7) is 15.4. The smallest absolute Gasteiger partial charge is 0.254 e. The molecule has 0 radical (unpaired) electrons. The lowest BCUT2D eigenvalue weighted by Crippen LogP contribution is -2.74. The minimum Gasteiger partial charge on any atom is -0.495 e. The molecule has 15 heteroatoms. The zero-order chi connectivity index (χ0) is 44.5. The van der Waals surface area contributed by atoms with Crippen LogP contribution in [0.25, 0.3) is 0 Å². The average Bonchev–Trinajstić information content (AvgIpc) is 3.23. The zero-order valence-electron chi connectivity index (χ0n) is 36.5. The predicted molar refractivity (Wildman–Crippen MR) is 229 cm³/mol. The van der Waals surface area contributed by atoms with Crippen LogP contribution in [-0.4, -0.2) is 104 Å².